The number of nitrogens with zero attached hydrogens (tertiary/aromatic N) is 1. The SMILES string of the molecule is Cc1cc(NCc2ccccc2)ncc1CNC(=O)OC(C)(C)C. The van der Waals surface area contributed by atoms with Crippen molar-refractivity contribution in [3.05, 3.63) is 59.3 Å². The van der Waals surface area contributed by atoms with Gasteiger partial charge in [-0.2, -0.15) is 0 Å². The van der Waals surface area contributed by atoms with E-state index in [1.807, 2.05) is 52.0 Å². The standard InChI is InChI=1S/C19H25N3O2/c1-14-10-17(20-11-15-8-6-5-7-9-15)21-12-16(14)13-22-18(23)24-19(2,3)4/h5-10,12H,11,13H2,1-4H3,(H,20,21)(H,22,23). The maximum Gasteiger partial charge on any atom is 0.407 e. The lowest BCUT2D eigenvalue weighted by molar-refractivity contribution is 0.0523. The number of carbonyl (C=O) groups is 1. The lowest BCUT2D eigenvalue weighted by Crippen LogP contribution is -2.32. The number of anilines is 1. The Labute approximate surface area is 143 Å². The molecule has 1 amide bonds. The molecule has 2 aromatic rings. The second-order valence-corrected chi connectivity index (χ2v) is 6.69. The molecule has 0 spiro atoms. The van der Waals surface area contributed by atoms with Gasteiger partial charge in [-0.1, -0.05) is 30.3 Å². The van der Waals surface area contributed by atoms with E-state index < -0.39 is 11.7 Å². The second kappa shape index (κ2) is 7.81. The predicted octanol–water partition coefficient (Wildman–Crippen LogP) is 4.03. The first-order valence-corrected chi connectivity index (χ1v) is 8.04. The first kappa shape index (κ1) is 17.8. The van der Waals surface area contributed by atoms with Gasteiger partial charge in [0.2, 0.25) is 0 Å². The van der Waals surface area contributed by atoms with Crippen LogP contribution in [0, 0.1) is 6.92 Å². The molecule has 5 heteroatoms. The molecule has 1 heterocycles. The van der Waals surface area contributed by atoms with Gasteiger partial charge in [0.15, 0.2) is 0 Å². The van der Waals surface area contributed by atoms with Crippen LogP contribution >= 0.6 is 0 Å². The average molecular weight is 327 g/mol. The molecule has 0 fully saturated rings. The Balaban J connectivity index is 1.89. The van der Waals surface area contributed by atoms with Gasteiger partial charge in [-0.25, -0.2) is 9.78 Å². The average Bonchev–Trinajstić information content (AvgIpc) is 2.51. The van der Waals surface area contributed by atoms with Crippen molar-refractivity contribution in [3.8, 4) is 0 Å². The van der Waals surface area contributed by atoms with Gasteiger partial charge in [0.1, 0.15) is 11.4 Å². The lowest BCUT2D eigenvalue weighted by atomic mass is 10.1. The summed E-state index contributed by atoms with van der Waals surface area (Å²) in [5.41, 5.74) is 2.73. The molecule has 5 nitrogen and oxygen atoms in total. The Morgan fingerprint density at radius 2 is 1.88 bits per heavy atom. The molecule has 1 aromatic heterocycles. The van der Waals surface area contributed by atoms with Gasteiger partial charge in [0.25, 0.3) is 0 Å². The third-order valence-electron chi connectivity index (χ3n) is 3.36. The number of ether oxygens (including phenoxy) is 1. The van der Waals surface area contributed by atoms with Crippen LogP contribution in [0.3, 0.4) is 0 Å². The van der Waals surface area contributed by atoms with E-state index in [1.54, 1.807) is 6.20 Å². The number of nitrogens with one attached hydrogen (secondary N) is 2. The molecule has 2 rings (SSSR count). The normalized spacial score (nSPS) is 11.0. The molecule has 24 heavy (non-hydrogen) atoms. The first-order valence-electron chi connectivity index (χ1n) is 8.04. The van der Waals surface area contributed by atoms with Crippen molar-refractivity contribution in [1.29, 1.82) is 0 Å². The highest BCUT2D eigenvalue weighted by Gasteiger charge is 2.16. The number of amides is 1. The molecule has 0 aliphatic rings. The Kier molecular flexibility index (Phi) is 5.79. The molecule has 0 atom stereocenters. The Hall–Kier alpha value is -2.56. The van der Waals surface area contributed by atoms with Crippen LogP contribution in [0.15, 0.2) is 42.6 Å². The van der Waals surface area contributed by atoms with Crippen LogP contribution in [0.1, 0.15) is 37.5 Å². The zero-order chi connectivity index (χ0) is 17.6. The number of rotatable bonds is 5. The summed E-state index contributed by atoms with van der Waals surface area (Å²) in [5.74, 6) is 0.817. The fraction of sp³-hybridized carbons (Fsp3) is 0.368. The van der Waals surface area contributed by atoms with Gasteiger partial charge < -0.3 is 15.4 Å². The minimum atomic E-state index is -0.497. The summed E-state index contributed by atoms with van der Waals surface area (Å²) in [5, 5.41) is 6.05. The molecule has 0 unspecified atom stereocenters. The van der Waals surface area contributed by atoms with Crippen LogP contribution in [-0.4, -0.2) is 16.7 Å². The van der Waals surface area contributed by atoms with Gasteiger partial charge in [-0.15, -0.1) is 0 Å². The zero-order valence-corrected chi connectivity index (χ0v) is 14.7. The summed E-state index contributed by atoms with van der Waals surface area (Å²) in [7, 11) is 0. The van der Waals surface area contributed by atoms with Gasteiger partial charge in [-0.05, 0) is 50.5 Å². The van der Waals surface area contributed by atoms with Gasteiger partial charge in [-0.3, -0.25) is 0 Å². The summed E-state index contributed by atoms with van der Waals surface area (Å²) in [6, 6.07) is 12.1. The number of carbonyl (C=O) groups excluding carboxylic acids is 1. The minimum Gasteiger partial charge on any atom is -0.444 e. The Morgan fingerprint density at radius 3 is 2.50 bits per heavy atom. The van der Waals surface area contributed by atoms with Crippen LogP contribution in [0.4, 0.5) is 10.6 Å². The molecular weight excluding hydrogens is 302 g/mol. The van der Waals surface area contributed by atoms with Gasteiger partial charge in [0, 0.05) is 19.3 Å². The molecule has 0 saturated carbocycles. The first-order chi connectivity index (χ1) is 11.3. The van der Waals surface area contributed by atoms with Crippen molar-refractivity contribution in [1.82, 2.24) is 10.3 Å². The van der Waals surface area contributed by atoms with Crippen molar-refractivity contribution in [3.63, 3.8) is 0 Å². The van der Waals surface area contributed by atoms with Crippen LogP contribution in [0.25, 0.3) is 0 Å². The van der Waals surface area contributed by atoms with E-state index in [0.717, 1.165) is 23.5 Å². The summed E-state index contributed by atoms with van der Waals surface area (Å²) in [4.78, 5) is 16.1. The number of hydrogen-bond donors (Lipinski definition) is 2. The van der Waals surface area contributed by atoms with Gasteiger partial charge in [0.05, 0.1) is 0 Å². The van der Waals surface area contributed by atoms with E-state index in [9.17, 15) is 4.79 Å². The molecule has 0 aliphatic heterocycles. The van der Waals surface area contributed by atoms with Crippen molar-refractivity contribution in [2.24, 2.45) is 0 Å². The quantitative estimate of drug-likeness (QED) is 0.870. The fourth-order valence-electron chi connectivity index (χ4n) is 2.14. The molecule has 0 radical (unpaired) electrons. The molecule has 0 aliphatic carbocycles. The minimum absolute atomic E-state index is 0.396. The highest BCUT2D eigenvalue weighted by Crippen LogP contribution is 2.13. The molecule has 128 valence electrons. The van der Waals surface area contributed by atoms with E-state index in [-0.39, 0.29) is 0 Å². The lowest BCUT2D eigenvalue weighted by Gasteiger charge is -2.20. The van der Waals surface area contributed by atoms with E-state index in [1.165, 1.54) is 5.56 Å². The monoisotopic (exact) mass is 327 g/mol. The molecule has 0 bridgehead atoms. The van der Waals surface area contributed by atoms with Crippen molar-refractivity contribution in [2.75, 3.05) is 5.32 Å². The van der Waals surface area contributed by atoms with Crippen molar-refractivity contribution >= 4 is 11.9 Å². The van der Waals surface area contributed by atoms with E-state index in [2.05, 4.69) is 27.8 Å². The van der Waals surface area contributed by atoms with Crippen LogP contribution < -0.4 is 10.6 Å². The number of alkyl carbamates (subject to hydrolysis) is 1. The summed E-state index contributed by atoms with van der Waals surface area (Å²) in [6.07, 6.45) is 1.35. The predicted molar refractivity (Wildman–Crippen MR) is 95.8 cm³/mol. The number of benzene rings is 1. The summed E-state index contributed by atoms with van der Waals surface area (Å²) >= 11 is 0. The number of hydrogen-bond acceptors (Lipinski definition) is 4. The smallest absolute Gasteiger partial charge is 0.407 e. The van der Waals surface area contributed by atoms with Crippen molar-refractivity contribution in [2.45, 2.75) is 46.4 Å². The highest BCUT2D eigenvalue weighted by atomic mass is 16.6. The third kappa shape index (κ3) is 5.91. The highest BCUT2D eigenvalue weighted by molar-refractivity contribution is 5.67. The zero-order valence-electron chi connectivity index (χ0n) is 14.7. The number of pyridine rings is 1. The topological polar surface area (TPSA) is 63.2 Å². The van der Waals surface area contributed by atoms with Crippen molar-refractivity contribution < 1.29 is 9.53 Å². The van der Waals surface area contributed by atoms with Gasteiger partial charge >= 0.3 is 6.09 Å². The molecule has 0 saturated heterocycles. The molecular formula is C19H25N3O2. The van der Waals surface area contributed by atoms with Crippen LogP contribution in [0.2, 0.25) is 0 Å². The summed E-state index contributed by atoms with van der Waals surface area (Å²) < 4.78 is 5.23. The Morgan fingerprint density at radius 1 is 1.17 bits per heavy atom. The van der Waals surface area contributed by atoms with E-state index >= 15 is 0 Å². The second-order valence-electron chi connectivity index (χ2n) is 6.69. The molecule has 2 N–H and O–H groups in total. The maximum absolute atomic E-state index is 11.7. The van der Waals surface area contributed by atoms with Crippen LogP contribution in [-0.2, 0) is 17.8 Å². The number of aromatic nitrogens is 1. The Bertz CT molecular complexity index is 679. The van der Waals surface area contributed by atoms with E-state index in [0.29, 0.717) is 6.54 Å². The van der Waals surface area contributed by atoms with E-state index in [4.69, 9.17) is 4.74 Å². The maximum atomic E-state index is 11.7. The number of aryl methyl sites for hydroxylation is 1. The third-order valence-corrected chi connectivity index (χ3v) is 3.36. The molecule has 1 aromatic carbocycles. The fourth-order valence-corrected chi connectivity index (χ4v) is 2.14. The van der Waals surface area contributed by atoms with Crippen LogP contribution in [0.5, 0.6) is 0 Å². The largest absolute Gasteiger partial charge is 0.444 e. The summed E-state index contributed by atoms with van der Waals surface area (Å²) in [6.45, 7) is 8.64.